The third-order valence-electron chi connectivity index (χ3n) is 5.04. The van der Waals surface area contributed by atoms with Crippen molar-refractivity contribution in [1.29, 1.82) is 0 Å². The Bertz CT molecular complexity index is 679. The third kappa shape index (κ3) is 4.87. The quantitative estimate of drug-likeness (QED) is 0.757. The second-order valence-corrected chi connectivity index (χ2v) is 9.13. The van der Waals surface area contributed by atoms with Crippen LogP contribution in [0.5, 0.6) is 0 Å². The van der Waals surface area contributed by atoms with E-state index in [9.17, 15) is 17.2 Å². The first-order valence-corrected chi connectivity index (χ1v) is 10.4. The number of hydrogen-bond donors (Lipinski definition) is 2. The van der Waals surface area contributed by atoms with E-state index in [0.29, 0.717) is 18.3 Å². The zero-order chi connectivity index (χ0) is 18.1. The van der Waals surface area contributed by atoms with E-state index >= 15 is 0 Å². The van der Waals surface area contributed by atoms with Crippen LogP contribution in [0, 0.1) is 5.92 Å². The largest absolute Gasteiger partial charge is 0.335 e. The van der Waals surface area contributed by atoms with Crippen molar-refractivity contribution in [3.8, 4) is 0 Å². The Balaban J connectivity index is 1.41. The average molecular weight is 378 g/mol. The molecule has 0 atom stereocenters. The maximum absolute atomic E-state index is 12.9. The molecule has 0 bridgehead atoms. The van der Waals surface area contributed by atoms with Crippen molar-refractivity contribution in [3.05, 3.63) is 5.82 Å². The summed E-state index contributed by atoms with van der Waals surface area (Å²) in [5.74, 6) is -2.16. The summed E-state index contributed by atoms with van der Waals surface area (Å²) < 4.78 is 56.5. The maximum Gasteiger partial charge on any atom is 0.321 e. The summed E-state index contributed by atoms with van der Waals surface area (Å²) in [6.45, 7) is 2.09. The molecule has 0 unspecified atom stereocenters. The standard InChI is InChI=1S/C15H24F2N4O3S/c1-2-25(22,23)18-9-10-3-5-12(6-4-10)19-14-20-13(21-24-14)11-7-15(16,17)8-11/h10-12,18H,2-9H2,1H3,(H,19,20,21). The molecule has 2 fully saturated rings. The summed E-state index contributed by atoms with van der Waals surface area (Å²) in [6.07, 6.45) is 3.12. The second kappa shape index (κ2) is 7.14. The van der Waals surface area contributed by atoms with Gasteiger partial charge in [-0.2, -0.15) is 4.98 Å². The summed E-state index contributed by atoms with van der Waals surface area (Å²) >= 11 is 0. The minimum atomic E-state index is -3.14. The van der Waals surface area contributed by atoms with E-state index < -0.39 is 15.9 Å². The fraction of sp³-hybridized carbons (Fsp3) is 0.867. The van der Waals surface area contributed by atoms with Crippen LogP contribution in [-0.2, 0) is 10.0 Å². The molecule has 10 heteroatoms. The summed E-state index contributed by atoms with van der Waals surface area (Å²) in [4.78, 5) is 4.18. The molecule has 142 valence electrons. The molecule has 7 nitrogen and oxygen atoms in total. The van der Waals surface area contributed by atoms with Crippen LogP contribution in [0.2, 0.25) is 0 Å². The molecule has 3 rings (SSSR count). The molecule has 0 amide bonds. The van der Waals surface area contributed by atoms with Crippen molar-refractivity contribution in [2.45, 2.75) is 63.3 Å². The minimum Gasteiger partial charge on any atom is -0.335 e. The average Bonchev–Trinajstić information content (AvgIpc) is 3.00. The maximum atomic E-state index is 12.9. The molecule has 2 N–H and O–H groups in total. The van der Waals surface area contributed by atoms with Gasteiger partial charge in [-0.25, -0.2) is 21.9 Å². The number of sulfonamides is 1. The Morgan fingerprint density at radius 2 is 1.92 bits per heavy atom. The van der Waals surface area contributed by atoms with Crippen LogP contribution in [0.15, 0.2) is 4.52 Å². The van der Waals surface area contributed by atoms with Gasteiger partial charge in [-0.15, -0.1) is 0 Å². The minimum absolute atomic E-state index is 0.0936. The molecule has 0 aromatic carbocycles. The van der Waals surface area contributed by atoms with Gasteiger partial charge in [-0.1, -0.05) is 5.16 Å². The molecular weight excluding hydrogens is 354 g/mol. The first-order valence-electron chi connectivity index (χ1n) is 8.71. The van der Waals surface area contributed by atoms with Gasteiger partial charge in [0.1, 0.15) is 0 Å². The number of alkyl halides is 2. The molecule has 1 heterocycles. The van der Waals surface area contributed by atoms with Crippen LogP contribution in [-0.4, -0.2) is 42.8 Å². The molecule has 2 aliphatic carbocycles. The first-order chi connectivity index (χ1) is 11.8. The first kappa shape index (κ1) is 18.5. The number of hydrogen-bond acceptors (Lipinski definition) is 6. The highest BCUT2D eigenvalue weighted by Crippen LogP contribution is 2.47. The summed E-state index contributed by atoms with van der Waals surface area (Å²) in [5.41, 5.74) is 0. The fourth-order valence-corrected chi connectivity index (χ4v) is 4.03. The van der Waals surface area contributed by atoms with Crippen molar-refractivity contribution in [2.24, 2.45) is 5.92 Å². The van der Waals surface area contributed by atoms with Crippen LogP contribution in [0.3, 0.4) is 0 Å². The smallest absolute Gasteiger partial charge is 0.321 e. The van der Waals surface area contributed by atoms with Gasteiger partial charge in [-0.05, 0) is 38.5 Å². The topological polar surface area (TPSA) is 97.1 Å². The lowest BCUT2D eigenvalue weighted by molar-refractivity contribution is -0.0888. The Kier molecular flexibility index (Phi) is 5.29. The number of nitrogens with one attached hydrogen (secondary N) is 2. The van der Waals surface area contributed by atoms with E-state index in [1.807, 2.05) is 0 Å². The Hall–Kier alpha value is -1.29. The lowest BCUT2D eigenvalue weighted by atomic mass is 9.81. The molecule has 0 radical (unpaired) electrons. The van der Waals surface area contributed by atoms with E-state index in [2.05, 4.69) is 20.2 Å². The SMILES string of the molecule is CCS(=O)(=O)NCC1CCC(Nc2nc(C3CC(F)(F)C3)no2)CC1. The van der Waals surface area contributed by atoms with E-state index in [0.717, 1.165) is 25.7 Å². The van der Waals surface area contributed by atoms with Crippen molar-refractivity contribution >= 4 is 16.0 Å². The van der Waals surface area contributed by atoms with Gasteiger partial charge in [0, 0.05) is 31.3 Å². The fourth-order valence-electron chi connectivity index (χ4n) is 3.34. The Morgan fingerprint density at radius 3 is 2.52 bits per heavy atom. The molecule has 0 saturated heterocycles. The van der Waals surface area contributed by atoms with Crippen LogP contribution in [0.4, 0.5) is 14.8 Å². The zero-order valence-electron chi connectivity index (χ0n) is 14.2. The predicted molar refractivity (Wildman–Crippen MR) is 88.1 cm³/mol. The second-order valence-electron chi connectivity index (χ2n) is 7.03. The van der Waals surface area contributed by atoms with Crippen LogP contribution in [0.25, 0.3) is 0 Å². The zero-order valence-corrected chi connectivity index (χ0v) is 15.0. The van der Waals surface area contributed by atoms with Crippen molar-refractivity contribution in [2.75, 3.05) is 17.6 Å². The van der Waals surface area contributed by atoms with Gasteiger partial charge in [-0.3, -0.25) is 0 Å². The highest BCUT2D eigenvalue weighted by Gasteiger charge is 2.48. The van der Waals surface area contributed by atoms with Crippen molar-refractivity contribution < 1.29 is 21.7 Å². The highest BCUT2D eigenvalue weighted by molar-refractivity contribution is 7.89. The van der Waals surface area contributed by atoms with E-state index in [1.54, 1.807) is 6.92 Å². The molecular formula is C15H24F2N4O3S. The molecule has 25 heavy (non-hydrogen) atoms. The molecule has 0 spiro atoms. The number of rotatable bonds is 7. The lowest BCUT2D eigenvalue weighted by Gasteiger charge is -2.32. The molecule has 0 aliphatic heterocycles. The molecule has 1 aromatic heterocycles. The highest BCUT2D eigenvalue weighted by atomic mass is 32.2. The van der Waals surface area contributed by atoms with E-state index in [4.69, 9.17) is 4.52 Å². The van der Waals surface area contributed by atoms with Crippen LogP contribution in [0.1, 0.15) is 57.2 Å². The summed E-state index contributed by atoms with van der Waals surface area (Å²) in [6, 6.07) is 0.454. The van der Waals surface area contributed by atoms with Gasteiger partial charge in [0.25, 0.3) is 0 Å². The Morgan fingerprint density at radius 1 is 1.24 bits per heavy atom. The number of nitrogens with zero attached hydrogens (tertiary/aromatic N) is 2. The normalized spacial score (nSPS) is 27.0. The van der Waals surface area contributed by atoms with Gasteiger partial charge >= 0.3 is 6.01 Å². The van der Waals surface area contributed by atoms with Crippen molar-refractivity contribution in [1.82, 2.24) is 14.9 Å². The number of anilines is 1. The molecule has 2 aliphatic rings. The molecule has 1 aromatic rings. The summed E-state index contributed by atoms with van der Waals surface area (Å²) in [7, 11) is -3.14. The summed E-state index contributed by atoms with van der Waals surface area (Å²) in [5, 5.41) is 6.95. The lowest BCUT2D eigenvalue weighted by Crippen LogP contribution is -2.35. The van der Waals surface area contributed by atoms with Crippen molar-refractivity contribution in [3.63, 3.8) is 0 Å². The third-order valence-corrected chi connectivity index (χ3v) is 6.41. The van der Waals surface area contributed by atoms with Crippen LogP contribution < -0.4 is 10.0 Å². The van der Waals surface area contributed by atoms with Gasteiger partial charge in [0.2, 0.25) is 15.9 Å². The predicted octanol–water partition coefficient (Wildman–Crippen LogP) is 2.49. The Labute approximate surface area is 146 Å². The monoisotopic (exact) mass is 378 g/mol. The van der Waals surface area contributed by atoms with Crippen LogP contribution >= 0.6 is 0 Å². The van der Waals surface area contributed by atoms with Gasteiger partial charge in [0.15, 0.2) is 5.82 Å². The van der Waals surface area contributed by atoms with Gasteiger partial charge in [0.05, 0.1) is 5.75 Å². The van der Waals surface area contributed by atoms with E-state index in [-0.39, 0.29) is 36.6 Å². The van der Waals surface area contributed by atoms with E-state index in [1.165, 1.54) is 0 Å². The number of halogens is 2. The molecule has 2 saturated carbocycles. The number of aromatic nitrogens is 2. The van der Waals surface area contributed by atoms with Gasteiger partial charge < -0.3 is 9.84 Å².